The number of hydrogen-bond donors (Lipinski definition) is 1. The van der Waals surface area contributed by atoms with E-state index < -0.39 is 0 Å². The van der Waals surface area contributed by atoms with Crippen molar-refractivity contribution in [3.63, 3.8) is 0 Å². The summed E-state index contributed by atoms with van der Waals surface area (Å²) in [6.45, 7) is 5.49. The summed E-state index contributed by atoms with van der Waals surface area (Å²) in [7, 11) is 0. The first-order valence-corrected chi connectivity index (χ1v) is 6.28. The van der Waals surface area contributed by atoms with Gasteiger partial charge in [0.05, 0.1) is 5.75 Å². The summed E-state index contributed by atoms with van der Waals surface area (Å²) in [5.74, 6) is 1.11. The molecule has 1 aromatic heterocycles. The highest BCUT2D eigenvalue weighted by Crippen LogP contribution is 2.17. The third-order valence-electron chi connectivity index (χ3n) is 2.24. The standard InChI is InChI=1S/C11H17N3OS/c1-3-14(4-2)11(15)8-16-9-5-6-10(12)13-7-9/h5-7H,3-4,8H2,1-2H3,(H2,12,13). The fourth-order valence-electron chi connectivity index (χ4n) is 1.29. The summed E-state index contributed by atoms with van der Waals surface area (Å²) in [6.07, 6.45) is 1.69. The first-order valence-electron chi connectivity index (χ1n) is 5.29. The molecule has 0 aliphatic rings. The summed E-state index contributed by atoms with van der Waals surface area (Å²) in [4.78, 5) is 18.5. The Labute approximate surface area is 100 Å². The second-order valence-corrected chi connectivity index (χ2v) is 4.32. The second kappa shape index (κ2) is 6.37. The van der Waals surface area contributed by atoms with Gasteiger partial charge >= 0.3 is 0 Å². The molecule has 0 saturated carbocycles. The average Bonchev–Trinajstić information content (AvgIpc) is 2.30. The lowest BCUT2D eigenvalue weighted by molar-refractivity contribution is -0.127. The number of amides is 1. The van der Waals surface area contributed by atoms with Crippen molar-refractivity contribution in [2.24, 2.45) is 0 Å². The Balaban J connectivity index is 2.45. The zero-order valence-corrected chi connectivity index (χ0v) is 10.5. The molecule has 0 spiro atoms. The Hall–Kier alpha value is -1.23. The minimum Gasteiger partial charge on any atom is -0.384 e. The predicted molar refractivity (Wildman–Crippen MR) is 67.3 cm³/mol. The number of nitrogen functional groups attached to an aromatic ring is 1. The van der Waals surface area contributed by atoms with Gasteiger partial charge in [-0.1, -0.05) is 0 Å². The first kappa shape index (κ1) is 12.8. The Kier molecular flexibility index (Phi) is 5.11. The number of nitrogens with zero attached hydrogens (tertiary/aromatic N) is 2. The third-order valence-corrected chi connectivity index (χ3v) is 3.20. The van der Waals surface area contributed by atoms with Gasteiger partial charge in [0.15, 0.2) is 0 Å². The molecular formula is C11H17N3OS. The maximum absolute atomic E-state index is 11.7. The van der Waals surface area contributed by atoms with E-state index >= 15 is 0 Å². The summed E-state index contributed by atoms with van der Waals surface area (Å²) in [5.41, 5.74) is 5.48. The molecule has 1 rings (SSSR count). The van der Waals surface area contributed by atoms with Crippen LogP contribution >= 0.6 is 11.8 Å². The van der Waals surface area contributed by atoms with Crippen molar-refractivity contribution in [1.29, 1.82) is 0 Å². The SMILES string of the molecule is CCN(CC)C(=O)CSc1ccc(N)nc1. The Bertz CT molecular complexity index is 336. The molecule has 0 atom stereocenters. The lowest BCUT2D eigenvalue weighted by Gasteiger charge is -2.18. The number of carbonyl (C=O) groups is 1. The molecule has 0 aliphatic heterocycles. The predicted octanol–water partition coefficient (Wildman–Crippen LogP) is 1.62. The maximum atomic E-state index is 11.7. The van der Waals surface area contributed by atoms with Crippen LogP contribution in [0.5, 0.6) is 0 Å². The molecule has 0 bridgehead atoms. The fourth-order valence-corrected chi connectivity index (χ4v) is 2.05. The summed E-state index contributed by atoms with van der Waals surface area (Å²) in [5, 5.41) is 0. The molecule has 0 fully saturated rings. The summed E-state index contributed by atoms with van der Waals surface area (Å²) >= 11 is 1.49. The van der Waals surface area contributed by atoms with Crippen LogP contribution < -0.4 is 5.73 Å². The number of rotatable bonds is 5. The van der Waals surface area contributed by atoms with Crippen molar-refractivity contribution in [2.45, 2.75) is 18.7 Å². The Morgan fingerprint density at radius 2 is 2.12 bits per heavy atom. The molecule has 88 valence electrons. The van der Waals surface area contributed by atoms with E-state index in [0.29, 0.717) is 11.6 Å². The van der Waals surface area contributed by atoms with E-state index in [1.54, 1.807) is 12.3 Å². The quantitative estimate of drug-likeness (QED) is 0.793. The highest BCUT2D eigenvalue weighted by Gasteiger charge is 2.09. The molecule has 1 amide bonds. The molecule has 0 aliphatic carbocycles. The van der Waals surface area contributed by atoms with E-state index in [4.69, 9.17) is 5.73 Å². The topological polar surface area (TPSA) is 59.2 Å². The van der Waals surface area contributed by atoms with Gasteiger partial charge in [0.1, 0.15) is 5.82 Å². The molecule has 16 heavy (non-hydrogen) atoms. The van der Waals surface area contributed by atoms with E-state index in [2.05, 4.69) is 4.98 Å². The average molecular weight is 239 g/mol. The maximum Gasteiger partial charge on any atom is 0.232 e. The molecule has 1 aromatic rings. The van der Waals surface area contributed by atoms with Gasteiger partial charge in [-0.2, -0.15) is 0 Å². The van der Waals surface area contributed by atoms with Crippen LogP contribution in [0, 0.1) is 0 Å². The number of aromatic nitrogens is 1. The van der Waals surface area contributed by atoms with E-state index in [0.717, 1.165) is 18.0 Å². The van der Waals surface area contributed by atoms with E-state index in [1.807, 2.05) is 24.8 Å². The largest absolute Gasteiger partial charge is 0.384 e. The van der Waals surface area contributed by atoms with E-state index in [-0.39, 0.29) is 5.91 Å². The zero-order valence-electron chi connectivity index (χ0n) is 9.64. The van der Waals surface area contributed by atoms with E-state index in [9.17, 15) is 4.79 Å². The number of thioether (sulfide) groups is 1. The molecule has 0 radical (unpaired) electrons. The molecule has 0 aromatic carbocycles. The summed E-state index contributed by atoms with van der Waals surface area (Å²) in [6, 6.07) is 3.62. The van der Waals surface area contributed by atoms with Crippen molar-refractivity contribution in [3.05, 3.63) is 18.3 Å². The minimum absolute atomic E-state index is 0.159. The van der Waals surface area contributed by atoms with Gasteiger partial charge in [-0.25, -0.2) is 4.98 Å². The minimum atomic E-state index is 0.159. The van der Waals surface area contributed by atoms with Gasteiger partial charge in [0.25, 0.3) is 0 Å². The molecular weight excluding hydrogens is 222 g/mol. The zero-order chi connectivity index (χ0) is 12.0. The van der Waals surface area contributed by atoms with Crippen LogP contribution in [-0.4, -0.2) is 34.6 Å². The number of anilines is 1. The molecule has 0 unspecified atom stereocenters. The van der Waals surface area contributed by atoms with Crippen molar-refractivity contribution in [1.82, 2.24) is 9.88 Å². The van der Waals surface area contributed by atoms with Gasteiger partial charge in [-0.15, -0.1) is 11.8 Å². The molecule has 5 heteroatoms. The number of carbonyl (C=O) groups excluding carboxylic acids is 1. The number of nitrogens with two attached hydrogens (primary N) is 1. The Morgan fingerprint density at radius 3 is 2.62 bits per heavy atom. The van der Waals surface area contributed by atoms with Crippen molar-refractivity contribution in [3.8, 4) is 0 Å². The van der Waals surface area contributed by atoms with Gasteiger partial charge in [-0.3, -0.25) is 4.79 Å². The third kappa shape index (κ3) is 3.73. The van der Waals surface area contributed by atoms with Crippen molar-refractivity contribution in [2.75, 3.05) is 24.6 Å². The van der Waals surface area contributed by atoms with Crippen LogP contribution in [0.2, 0.25) is 0 Å². The summed E-state index contributed by atoms with van der Waals surface area (Å²) < 4.78 is 0. The lowest BCUT2D eigenvalue weighted by atomic mass is 10.5. The van der Waals surface area contributed by atoms with Gasteiger partial charge in [0, 0.05) is 24.2 Å². The first-order chi connectivity index (χ1) is 7.67. The van der Waals surface area contributed by atoms with Crippen LogP contribution in [0.25, 0.3) is 0 Å². The van der Waals surface area contributed by atoms with Gasteiger partial charge in [0.2, 0.25) is 5.91 Å². The molecule has 1 heterocycles. The fraction of sp³-hybridized carbons (Fsp3) is 0.455. The van der Waals surface area contributed by atoms with Crippen LogP contribution in [0.15, 0.2) is 23.2 Å². The normalized spacial score (nSPS) is 10.1. The van der Waals surface area contributed by atoms with Crippen LogP contribution in [0.3, 0.4) is 0 Å². The van der Waals surface area contributed by atoms with Crippen molar-refractivity contribution >= 4 is 23.5 Å². The Morgan fingerprint density at radius 1 is 1.44 bits per heavy atom. The molecule has 0 saturated heterocycles. The van der Waals surface area contributed by atoms with Crippen LogP contribution in [0.4, 0.5) is 5.82 Å². The molecule has 4 nitrogen and oxygen atoms in total. The number of pyridine rings is 1. The molecule has 2 N–H and O–H groups in total. The smallest absolute Gasteiger partial charge is 0.232 e. The lowest BCUT2D eigenvalue weighted by Crippen LogP contribution is -2.31. The highest BCUT2D eigenvalue weighted by atomic mass is 32.2. The second-order valence-electron chi connectivity index (χ2n) is 3.27. The van der Waals surface area contributed by atoms with Crippen molar-refractivity contribution < 1.29 is 4.79 Å². The highest BCUT2D eigenvalue weighted by molar-refractivity contribution is 8.00. The van der Waals surface area contributed by atoms with E-state index in [1.165, 1.54) is 11.8 Å². The van der Waals surface area contributed by atoms with Crippen LogP contribution in [-0.2, 0) is 4.79 Å². The number of hydrogen-bond acceptors (Lipinski definition) is 4. The van der Waals surface area contributed by atoms with Gasteiger partial charge in [-0.05, 0) is 26.0 Å². The monoisotopic (exact) mass is 239 g/mol. The van der Waals surface area contributed by atoms with Crippen LogP contribution in [0.1, 0.15) is 13.8 Å². The van der Waals surface area contributed by atoms with Gasteiger partial charge < -0.3 is 10.6 Å².